The number of hydrogen-bond acceptors (Lipinski definition) is 4. The van der Waals surface area contributed by atoms with Crippen LogP contribution >= 0.6 is 23.1 Å². The molecule has 0 spiro atoms. The van der Waals surface area contributed by atoms with Crippen LogP contribution in [-0.2, 0) is 0 Å². The highest BCUT2D eigenvalue weighted by molar-refractivity contribution is 8.01. The third-order valence-corrected chi connectivity index (χ3v) is 3.79. The Morgan fingerprint density at radius 2 is 2.29 bits per heavy atom. The normalized spacial score (nSPS) is 14.4. The highest BCUT2D eigenvalue weighted by atomic mass is 32.2. The van der Waals surface area contributed by atoms with Crippen molar-refractivity contribution >= 4 is 23.1 Å². The maximum atomic E-state index is 12.3. The fraction of sp³-hybridized carbons (Fsp3) is 0.571. The van der Waals surface area contributed by atoms with Crippen LogP contribution in [-0.4, -0.2) is 23.0 Å². The van der Waals surface area contributed by atoms with Crippen molar-refractivity contribution in [2.75, 3.05) is 6.54 Å². The van der Waals surface area contributed by atoms with Gasteiger partial charge < -0.3 is 5.73 Å². The van der Waals surface area contributed by atoms with E-state index in [0.29, 0.717) is 16.1 Å². The van der Waals surface area contributed by atoms with Crippen LogP contribution < -0.4 is 5.73 Å². The molecule has 1 atom stereocenters. The third-order valence-electron chi connectivity index (χ3n) is 1.42. The van der Waals surface area contributed by atoms with Crippen molar-refractivity contribution in [1.29, 1.82) is 0 Å². The Bertz CT molecular complexity index is 297. The Kier molecular flexibility index (Phi) is 3.79. The monoisotopic (exact) mass is 242 g/mol. The minimum absolute atomic E-state index is 0.412. The molecule has 1 heterocycles. The van der Waals surface area contributed by atoms with Gasteiger partial charge in [-0.1, -0.05) is 11.8 Å². The standard InChI is InChI=1S/C7H9F3N2S2/c1-4-3-13-6(12-4)14-5(2-11)7(8,9)10/h3,5H,2,11H2,1H3. The molecule has 1 aromatic heterocycles. The zero-order valence-corrected chi connectivity index (χ0v) is 8.97. The molecule has 2 N–H and O–H groups in total. The molecular weight excluding hydrogens is 233 g/mol. The van der Waals surface area contributed by atoms with E-state index in [-0.39, 0.29) is 0 Å². The van der Waals surface area contributed by atoms with Gasteiger partial charge >= 0.3 is 6.18 Å². The van der Waals surface area contributed by atoms with Gasteiger partial charge in [0.05, 0.1) is 0 Å². The average molecular weight is 242 g/mol. The Morgan fingerprint density at radius 3 is 2.64 bits per heavy atom. The van der Waals surface area contributed by atoms with E-state index in [9.17, 15) is 13.2 Å². The van der Waals surface area contributed by atoms with Crippen LogP contribution in [0.25, 0.3) is 0 Å². The Morgan fingerprint density at radius 1 is 1.64 bits per heavy atom. The van der Waals surface area contributed by atoms with Crippen molar-refractivity contribution in [3.63, 3.8) is 0 Å². The maximum Gasteiger partial charge on any atom is 0.402 e. The van der Waals surface area contributed by atoms with Crippen LogP contribution in [0.1, 0.15) is 5.69 Å². The highest BCUT2D eigenvalue weighted by Crippen LogP contribution is 2.35. The van der Waals surface area contributed by atoms with Gasteiger partial charge in [0.1, 0.15) is 5.25 Å². The van der Waals surface area contributed by atoms with Gasteiger partial charge in [-0.25, -0.2) is 4.98 Å². The summed E-state index contributed by atoms with van der Waals surface area (Å²) in [7, 11) is 0. The van der Waals surface area contributed by atoms with Crippen molar-refractivity contribution in [3.8, 4) is 0 Å². The molecule has 0 amide bonds. The van der Waals surface area contributed by atoms with E-state index in [1.165, 1.54) is 11.3 Å². The summed E-state index contributed by atoms with van der Waals surface area (Å²) in [6, 6.07) is 0. The molecule has 0 saturated heterocycles. The van der Waals surface area contributed by atoms with E-state index in [0.717, 1.165) is 5.69 Å². The summed E-state index contributed by atoms with van der Waals surface area (Å²) in [6.45, 7) is 1.32. The fourth-order valence-electron chi connectivity index (χ4n) is 0.757. The van der Waals surface area contributed by atoms with Gasteiger partial charge in [0, 0.05) is 17.6 Å². The minimum atomic E-state index is -4.26. The summed E-state index contributed by atoms with van der Waals surface area (Å²) in [5, 5.41) is 0.153. The molecule has 0 aromatic carbocycles. The lowest BCUT2D eigenvalue weighted by molar-refractivity contribution is -0.126. The number of nitrogens with two attached hydrogens (primary N) is 1. The summed E-state index contributed by atoms with van der Waals surface area (Å²) in [5.41, 5.74) is 5.78. The number of hydrogen-bond donors (Lipinski definition) is 1. The lowest BCUT2D eigenvalue weighted by atomic mass is 10.4. The number of rotatable bonds is 3. The number of aryl methyl sites for hydroxylation is 1. The van der Waals surface area contributed by atoms with E-state index in [1.54, 1.807) is 12.3 Å². The molecule has 0 bridgehead atoms. The van der Waals surface area contributed by atoms with Gasteiger partial charge in [-0.05, 0) is 6.92 Å². The van der Waals surface area contributed by atoms with Crippen LogP contribution in [0.15, 0.2) is 9.72 Å². The van der Waals surface area contributed by atoms with Crippen LogP contribution in [0.4, 0.5) is 13.2 Å². The van der Waals surface area contributed by atoms with Gasteiger partial charge in [0.25, 0.3) is 0 Å². The van der Waals surface area contributed by atoms with Crippen molar-refractivity contribution in [2.45, 2.75) is 22.7 Å². The molecule has 7 heteroatoms. The molecule has 1 aromatic rings. The first-order valence-corrected chi connectivity index (χ1v) is 5.55. The molecule has 2 nitrogen and oxygen atoms in total. The van der Waals surface area contributed by atoms with Gasteiger partial charge in [0.2, 0.25) is 0 Å². The summed E-state index contributed by atoms with van der Waals surface area (Å²) in [5.74, 6) is 0. The van der Waals surface area contributed by atoms with Crippen LogP contribution in [0.5, 0.6) is 0 Å². The molecule has 1 rings (SSSR count). The number of thioether (sulfide) groups is 1. The van der Waals surface area contributed by atoms with E-state index in [4.69, 9.17) is 5.73 Å². The molecule has 0 aliphatic rings. The molecule has 0 aliphatic carbocycles. The summed E-state index contributed by atoms with van der Waals surface area (Å²) in [4.78, 5) is 3.94. The molecule has 0 fully saturated rings. The van der Waals surface area contributed by atoms with Crippen molar-refractivity contribution < 1.29 is 13.2 Å². The number of thiazole rings is 1. The van der Waals surface area contributed by atoms with E-state index < -0.39 is 18.0 Å². The average Bonchev–Trinajstić information content (AvgIpc) is 2.45. The van der Waals surface area contributed by atoms with Crippen molar-refractivity contribution in [1.82, 2.24) is 4.98 Å². The molecule has 0 radical (unpaired) electrons. The predicted molar refractivity (Wildman–Crippen MR) is 51.6 cm³/mol. The second-order valence-corrected chi connectivity index (χ2v) is 4.95. The number of nitrogens with zero attached hydrogens (tertiary/aromatic N) is 1. The van der Waals surface area contributed by atoms with Gasteiger partial charge in [0.15, 0.2) is 4.34 Å². The Labute approximate surface area is 87.7 Å². The number of alkyl halides is 3. The first-order valence-electron chi connectivity index (χ1n) is 3.79. The van der Waals surface area contributed by atoms with Crippen LogP contribution in [0, 0.1) is 6.92 Å². The molecule has 0 aliphatic heterocycles. The number of aromatic nitrogens is 1. The van der Waals surface area contributed by atoms with Crippen molar-refractivity contribution in [3.05, 3.63) is 11.1 Å². The lowest BCUT2D eigenvalue weighted by Crippen LogP contribution is -2.32. The largest absolute Gasteiger partial charge is 0.402 e. The lowest BCUT2D eigenvalue weighted by Gasteiger charge is -2.15. The Hall–Kier alpha value is -0.270. The van der Waals surface area contributed by atoms with E-state index in [2.05, 4.69) is 4.98 Å². The molecular formula is C7H9F3N2S2. The Balaban J connectivity index is 2.66. The molecule has 1 unspecified atom stereocenters. The van der Waals surface area contributed by atoms with Gasteiger partial charge in [-0.15, -0.1) is 11.3 Å². The first kappa shape index (κ1) is 11.8. The summed E-state index contributed by atoms with van der Waals surface area (Å²) < 4.78 is 37.3. The highest BCUT2D eigenvalue weighted by Gasteiger charge is 2.39. The second-order valence-electron chi connectivity index (χ2n) is 2.64. The van der Waals surface area contributed by atoms with Gasteiger partial charge in [-0.2, -0.15) is 13.2 Å². The predicted octanol–water partition coefficient (Wildman–Crippen LogP) is 2.43. The zero-order chi connectivity index (χ0) is 10.8. The first-order chi connectivity index (χ1) is 6.43. The SMILES string of the molecule is Cc1csc(SC(CN)C(F)(F)F)n1. The molecule has 14 heavy (non-hydrogen) atoms. The van der Waals surface area contributed by atoms with Gasteiger partial charge in [-0.3, -0.25) is 0 Å². The zero-order valence-electron chi connectivity index (χ0n) is 7.34. The fourth-order valence-corrected chi connectivity index (χ4v) is 2.66. The topological polar surface area (TPSA) is 38.9 Å². The maximum absolute atomic E-state index is 12.3. The molecule has 80 valence electrons. The quantitative estimate of drug-likeness (QED) is 0.827. The summed E-state index contributed by atoms with van der Waals surface area (Å²) >= 11 is 1.88. The van der Waals surface area contributed by atoms with Crippen LogP contribution in [0.2, 0.25) is 0 Å². The number of halogens is 3. The third kappa shape index (κ3) is 3.14. The van der Waals surface area contributed by atoms with Crippen LogP contribution in [0.3, 0.4) is 0 Å². The summed E-state index contributed by atoms with van der Waals surface area (Å²) in [6.07, 6.45) is -4.26. The van der Waals surface area contributed by atoms with E-state index >= 15 is 0 Å². The van der Waals surface area contributed by atoms with E-state index in [1.807, 2.05) is 0 Å². The molecule has 0 saturated carbocycles. The second kappa shape index (κ2) is 4.50. The van der Waals surface area contributed by atoms with Crippen molar-refractivity contribution in [2.24, 2.45) is 5.73 Å². The smallest absolute Gasteiger partial charge is 0.329 e. The minimum Gasteiger partial charge on any atom is -0.329 e.